The van der Waals surface area contributed by atoms with E-state index in [1.165, 1.54) is 15.0 Å². The molecule has 0 saturated heterocycles. The van der Waals surface area contributed by atoms with Crippen molar-refractivity contribution in [3.8, 4) is 0 Å². The van der Waals surface area contributed by atoms with Crippen LogP contribution in [0.1, 0.15) is 13.8 Å². The molecule has 0 bridgehead atoms. The van der Waals surface area contributed by atoms with Crippen molar-refractivity contribution in [2.75, 3.05) is 15.0 Å². The predicted molar refractivity (Wildman–Crippen MR) is 149 cm³/mol. The zero-order valence-electron chi connectivity index (χ0n) is 21.3. The van der Waals surface area contributed by atoms with Gasteiger partial charge in [0.15, 0.2) is 0 Å². The SMILES string of the molecule is CC1=NN(c2ccccc2)C(=O)[C@@H]1[C@]1([C@H]2C(=O)N(c3ccccc3)N=C2N)C(=O)N(c2ccccc2)N=C1C. The van der Waals surface area contributed by atoms with Crippen LogP contribution >= 0.6 is 0 Å². The summed E-state index contributed by atoms with van der Waals surface area (Å²) in [5.74, 6) is -4.00. The molecule has 0 radical (unpaired) electrons. The van der Waals surface area contributed by atoms with Gasteiger partial charge in [-0.05, 0) is 50.2 Å². The summed E-state index contributed by atoms with van der Waals surface area (Å²) in [5.41, 5.74) is 6.90. The van der Waals surface area contributed by atoms with E-state index in [2.05, 4.69) is 15.3 Å². The van der Waals surface area contributed by atoms with Crippen LogP contribution in [-0.4, -0.2) is 35.0 Å². The van der Waals surface area contributed by atoms with Crippen LogP contribution in [0, 0.1) is 17.3 Å². The summed E-state index contributed by atoms with van der Waals surface area (Å²) >= 11 is 0. The fourth-order valence-corrected chi connectivity index (χ4v) is 5.68. The molecule has 3 aromatic carbocycles. The van der Waals surface area contributed by atoms with E-state index in [9.17, 15) is 14.4 Å². The third-order valence-electron chi connectivity index (χ3n) is 7.41. The molecule has 0 fully saturated rings. The van der Waals surface area contributed by atoms with Crippen LogP contribution in [0.3, 0.4) is 0 Å². The summed E-state index contributed by atoms with van der Waals surface area (Å²) in [6.07, 6.45) is 0. The first kappa shape index (κ1) is 24.2. The number of hydrogen-bond donors (Lipinski definition) is 1. The monoisotopic (exact) mass is 519 g/mol. The van der Waals surface area contributed by atoms with E-state index in [1.807, 2.05) is 18.2 Å². The molecule has 39 heavy (non-hydrogen) atoms. The van der Waals surface area contributed by atoms with Gasteiger partial charge in [-0.2, -0.15) is 25.3 Å². The van der Waals surface area contributed by atoms with E-state index < -0.39 is 35.0 Å². The Kier molecular flexibility index (Phi) is 5.60. The molecular formula is C29H25N7O3. The second-order valence-electron chi connectivity index (χ2n) is 9.61. The Balaban J connectivity index is 1.51. The van der Waals surface area contributed by atoms with E-state index in [0.717, 1.165) is 0 Å². The molecular weight excluding hydrogens is 494 g/mol. The summed E-state index contributed by atoms with van der Waals surface area (Å²) in [6, 6.07) is 26.6. The van der Waals surface area contributed by atoms with E-state index >= 15 is 0 Å². The Labute approximate surface area is 224 Å². The van der Waals surface area contributed by atoms with Crippen LogP contribution in [-0.2, 0) is 14.4 Å². The maximum atomic E-state index is 14.6. The Morgan fingerprint density at radius 1 is 0.615 bits per heavy atom. The smallest absolute Gasteiger partial charge is 0.261 e. The van der Waals surface area contributed by atoms with E-state index in [-0.39, 0.29) is 11.5 Å². The molecule has 194 valence electrons. The maximum Gasteiger partial charge on any atom is 0.261 e. The molecule has 0 saturated carbocycles. The van der Waals surface area contributed by atoms with Gasteiger partial charge in [0.05, 0.1) is 22.8 Å². The van der Waals surface area contributed by atoms with Gasteiger partial charge in [-0.3, -0.25) is 14.4 Å². The third kappa shape index (κ3) is 3.48. The number of benzene rings is 3. The molecule has 0 aliphatic carbocycles. The minimum absolute atomic E-state index is 0.0691. The number of rotatable bonds is 5. The van der Waals surface area contributed by atoms with Crippen molar-refractivity contribution in [2.24, 2.45) is 38.3 Å². The Morgan fingerprint density at radius 2 is 1.05 bits per heavy atom. The van der Waals surface area contributed by atoms with Crippen LogP contribution in [0.2, 0.25) is 0 Å². The average Bonchev–Trinajstić information content (AvgIpc) is 3.53. The predicted octanol–water partition coefficient (Wildman–Crippen LogP) is 3.37. The molecule has 3 aromatic rings. The lowest BCUT2D eigenvalue weighted by Crippen LogP contribution is -2.59. The molecule has 2 N–H and O–H groups in total. The molecule has 10 nitrogen and oxygen atoms in total. The highest BCUT2D eigenvalue weighted by Gasteiger charge is 2.69. The Morgan fingerprint density at radius 3 is 1.56 bits per heavy atom. The van der Waals surface area contributed by atoms with Crippen LogP contribution in [0.15, 0.2) is 106 Å². The number of para-hydroxylation sites is 3. The summed E-state index contributed by atoms with van der Waals surface area (Å²) in [7, 11) is 0. The van der Waals surface area contributed by atoms with Gasteiger partial charge in [-0.1, -0.05) is 54.6 Å². The van der Waals surface area contributed by atoms with Gasteiger partial charge in [0, 0.05) is 5.71 Å². The zero-order valence-corrected chi connectivity index (χ0v) is 21.3. The van der Waals surface area contributed by atoms with E-state index in [0.29, 0.717) is 22.8 Å². The minimum Gasteiger partial charge on any atom is -0.385 e. The first-order chi connectivity index (χ1) is 18.9. The van der Waals surface area contributed by atoms with Crippen molar-refractivity contribution >= 4 is 52.0 Å². The topological polar surface area (TPSA) is 124 Å². The van der Waals surface area contributed by atoms with Crippen molar-refractivity contribution in [3.63, 3.8) is 0 Å². The fraction of sp³-hybridized carbons (Fsp3) is 0.172. The fourth-order valence-electron chi connectivity index (χ4n) is 5.68. The number of nitrogens with zero attached hydrogens (tertiary/aromatic N) is 6. The van der Waals surface area contributed by atoms with Crippen LogP contribution in [0.4, 0.5) is 17.1 Å². The maximum absolute atomic E-state index is 14.6. The lowest BCUT2D eigenvalue weighted by atomic mass is 9.61. The number of carbonyl (C=O) groups excluding carboxylic acids is 3. The number of anilines is 3. The normalized spacial score (nSPS) is 24.8. The molecule has 3 atom stereocenters. The quantitative estimate of drug-likeness (QED) is 0.555. The summed E-state index contributed by atoms with van der Waals surface area (Å²) < 4.78 is 0. The largest absolute Gasteiger partial charge is 0.385 e. The molecule has 6 rings (SSSR count). The van der Waals surface area contributed by atoms with Crippen molar-refractivity contribution in [1.82, 2.24) is 0 Å². The standard InChI is InChI=1S/C29H25N7O3/c1-18-23(26(37)34(31-18)20-12-6-3-7-13-20)29(19(2)32-36(28(29)39)22-16-10-5-11-17-22)24-25(30)33-35(27(24)38)21-14-8-4-9-15-21/h3-17,23-24H,1-2H3,(H2,30,33)/t23-,24-,29-/m1/s1. The number of carbonyl (C=O) groups is 3. The van der Waals surface area contributed by atoms with Gasteiger partial charge in [-0.15, -0.1) is 0 Å². The average molecular weight is 520 g/mol. The molecule has 0 unspecified atom stereocenters. The number of amidine groups is 1. The second-order valence-corrected chi connectivity index (χ2v) is 9.61. The van der Waals surface area contributed by atoms with Crippen molar-refractivity contribution in [1.29, 1.82) is 0 Å². The van der Waals surface area contributed by atoms with Crippen molar-refractivity contribution in [2.45, 2.75) is 13.8 Å². The Hall–Kier alpha value is -5.12. The molecule has 0 aromatic heterocycles. The van der Waals surface area contributed by atoms with Crippen LogP contribution < -0.4 is 20.8 Å². The molecule has 3 aliphatic rings. The molecule has 3 aliphatic heterocycles. The van der Waals surface area contributed by atoms with E-state index in [1.54, 1.807) is 86.6 Å². The van der Waals surface area contributed by atoms with Gasteiger partial charge < -0.3 is 5.73 Å². The van der Waals surface area contributed by atoms with Gasteiger partial charge in [0.1, 0.15) is 23.1 Å². The molecule has 3 amide bonds. The van der Waals surface area contributed by atoms with Crippen molar-refractivity contribution in [3.05, 3.63) is 91.0 Å². The van der Waals surface area contributed by atoms with E-state index in [4.69, 9.17) is 5.73 Å². The highest BCUT2D eigenvalue weighted by molar-refractivity contribution is 6.33. The van der Waals surface area contributed by atoms with Gasteiger partial charge >= 0.3 is 0 Å². The van der Waals surface area contributed by atoms with Gasteiger partial charge in [-0.25, -0.2) is 5.01 Å². The first-order valence-corrected chi connectivity index (χ1v) is 12.5. The number of nitrogens with two attached hydrogens (primary N) is 1. The lowest BCUT2D eigenvalue weighted by molar-refractivity contribution is -0.136. The third-order valence-corrected chi connectivity index (χ3v) is 7.41. The number of hydrogen-bond acceptors (Lipinski definition) is 7. The minimum atomic E-state index is -1.78. The molecule has 10 heteroatoms. The highest BCUT2D eigenvalue weighted by Crippen LogP contribution is 2.50. The second kappa shape index (κ2) is 9.02. The Bertz CT molecular complexity index is 1490. The zero-order chi connectivity index (χ0) is 27.3. The number of hydrazone groups is 3. The number of amides is 3. The molecule has 0 spiro atoms. The first-order valence-electron chi connectivity index (χ1n) is 12.5. The summed E-state index contributed by atoms with van der Waals surface area (Å²) in [5, 5.41) is 17.2. The van der Waals surface area contributed by atoms with Gasteiger partial charge in [0.25, 0.3) is 17.7 Å². The van der Waals surface area contributed by atoms with Crippen LogP contribution in [0.25, 0.3) is 0 Å². The summed E-state index contributed by atoms with van der Waals surface area (Å²) in [6.45, 7) is 3.33. The van der Waals surface area contributed by atoms with Crippen LogP contribution in [0.5, 0.6) is 0 Å². The lowest BCUT2D eigenvalue weighted by Gasteiger charge is -2.36. The summed E-state index contributed by atoms with van der Waals surface area (Å²) in [4.78, 5) is 42.8. The molecule has 3 heterocycles. The van der Waals surface area contributed by atoms with Gasteiger partial charge in [0.2, 0.25) is 0 Å². The van der Waals surface area contributed by atoms with Crippen molar-refractivity contribution < 1.29 is 14.4 Å². The highest BCUT2D eigenvalue weighted by atomic mass is 16.2.